The molecule has 0 amide bonds. The maximum atomic E-state index is 9.53. The summed E-state index contributed by atoms with van der Waals surface area (Å²) in [5.41, 5.74) is 1.83. The Morgan fingerprint density at radius 2 is 1.86 bits per heavy atom. The predicted octanol–water partition coefficient (Wildman–Crippen LogP) is 2.61. The van der Waals surface area contributed by atoms with E-state index in [1.54, 1.807) is 0 Å². The van der Waals surface area contributed by atoms with Crippen LogP contribution < -0.4 is 4.90 Å². The number of nitrogens with zero attached hydrogens (tertiary/aromatic N) is 2. The molecule has 1 saturated carbocycles. The number of rotatable bonds is 5. The Kier molecular flexibility index (Phi) is 5.22. The van der Waals surface area contributed by atoms with Crippen LogP contribution in [0.1, 0.15) is 57.7 Å². The minimum atomic E-state index is -0.0551. The number of hydrogen-bond acceptors (Lipinski definition) is 4. The Morgan fingerprint density at radius 3 is 2.38 bits per heavy atom. The van der Waals surface area contributed by atoms with E-state index in [0.717, 1.165) is 29.9 Å². The van der Waals surface area contributed by atoms with Crippen molar-refractivity contribution in [2.45, 2.75) is 64.5 Å². The molecule has 1 aliphatic carbocycles. The van der Waals surface area contributed by atoms with Gasteiger partial charge in [-0.15, -0.1) is 0 Å². The van der Waals surface area contributed by atoms with E-state index in [9.17, 15) is 10.2 Å². The first-order chi connectivity index (χ1) is 9.95. The van der Waals surface area contributed by atoms with E-state index in [2.05, 4.69) is 25.7 Å². The lowest BCUT2D eigenvalue weighted by Crippen LogP contribution is -2.37. The van der Waals surface area contributed by atoms with Crippen LogP contribution in [0.4, 0.5) is 5.82 Å². The largest absolute Gasteiger partial charge is 0.395 e. The normalized spacial score (nSPS) is 16.4. The van der Waals surface area contributed by atoms with Crippen molar-refractivity contribution in [2.75, 3.05) is 18.1 Å². The van der Waals surface area contributed by atoms with Crippen molar-refractivity contribution in [1.82, 2.24) is 4.98 Å². The lowest BCUT2D eigenvalue weighted by atomic mass is 9.90. The van der Waals surface area contributed by atoms with Crippen molar-refractivity contribution in [2.24, 2.45) is 0 Å². The predicted molar refractivity (Wildman–Crippen MR) is 85.5 cm³/mol. The second kappa shape index (κ2) is 6.75. The van der Waals surface area contributed by atoms with Crippen LogP contribution in [0.25, 0.3) is 0 Å². The summed E-state index contributed by atoms with van der Waals surface area (Å²) in [6.45, 7) is 7.16. The summed E-state index contributed by atoms with van der Waals surface area (Å²) >= 11 is 0. The molecule has 1 heterocycles. The molecule has 0 spiro atoms. The van der Waals surface area contributed by atoms with Crippen molar-refractivity contribution in [3.63, 3.8) is 0 Å². The quantitative estimate of drug-likeness (QED) is 0.876. The topological polar surface area (TPSA) is 56.6 Å². The molecule has 1 aromatic heterocycles. The number of aliphatic hydroxyl groups is 2. The summed E-state index contributed by atoms with van der Waals surface area (Å²) in [5, 5.41) is 18.9. The zero-order valence-corrected chi connectivity index (χ0v) is 13.5. The molecule has 0 aliphatic heterocycles. The van der Waals surface area contributed by atoms with Gasteiger partial charge >= 0.3 is 0 Å². The molecule has 0 unspecified atom stereocenters. The molecule has 0 radical (unpaired) electrons. The standard InChI is InChI=1S/C17H28N2O2/c1-17(2,3)15-10-13(12-21)11-16(18-15)19(8-9-20)14-6-4-5-7-14/h10-11,14,20-21H,4-9,12H2,1-3H3. The SMILES string of the molecule is CC(C)(C)c1cc(CO)cc(N(CCO)C2CCCC2)n1. The van der Waals surface area contributed by atoms with E-state index in [0.29, 0.717) is 12.6 Å². The summed E-state index contributed by atoms with van der Waals surface area (Å²) in [6, 6.07) is 4.41. The Hall–Kier alpha value is -1.13. The summed E-state index contributed by atoms with van der Waals surface area (Å²) in [5.74, 6) is 0.896. The molecule has 2 rings (SSSR count). The van der Waals surface area contributed by atoms with Crippen LogP contribution in [0.3, 0.4) is 0 Å². The monoisotopic (exact) mass is 292 g/mol. The van der Waals surface area contributed by atoms with E-state index in [1.807, 2.05) is 12.1 Å². The third-order valence-corrected chi connectivity index (χ3v) is 4.22. The van der Waals surface area contributed by atoms with Crippen LogP contribution in [-0.4, -0.2) is 34.4 Å². The highest BCUT2D eigenvalue weighted by molar-refractivity contribution is 5.45. The van der Waals surface area contributed by atoms with Crippen molar-refractivity contribution >= 4 is 5.82 Å². The maximum absolute atomic E-state index is 9.53. The minimum Gasteiger partial charge on any atom is -0.395 e. The van der Waals surface area contributed by atoms with E-state index in [-0.39, 0.29) is 18.6 Å². The van der Waals surface area contributed by atoms with Crippen LogP contribution in [-0.2, 0) is 12.0 Å². The van der Waals surface area contributed by atoms with Crippen LogP contribution >= 0.6 is 0 Å². The summed E-state index contributed by atoms with van der Waals surface area (Å²) < 4.78 is 0. The number of anilines is 1. The van der Waals surface area contributed by atoms with Gasteiger partial charge in [0.05, 0.1) is 13.2 Å². The number of aromatic nitrogens is 1. The van der Waals surface area contributed by atoms with Crippen LogP contribution in [0.2, 0.25) is 0 Å². The number of pyridine rings is 1. The first-order valence-electron chi connectivity index (χ1n) is 7.95. The van der Waals surface area contributed by atoms with E-state index in [1.165, 1.54) is 12.8 Å². The zero-order valence-electron chi connectivity index (χ0n) is 13.5. The molecule has 1 aliphatic rings. The van der Waals surface area contributed by atoms with E-state index in [4.69, 9.17) is 4.98 Å². The number of aliphatic hydroxyl groups excluding tert-OH is 2. The zero-order chi connectivity index (χ0) is 15.5. The van der Waals surface area contributed by atoms with Gasteiger partial charge in [-0.05, 0) is 30.5 Å². The third-order valence-electron chi connectivity index (χ3n) is 4.22. The minimum absolute atomic E-state index is 0.0240. The Balaban J connectivity index is 2.38. The van der Waals surface area contributed by atoms with Gasteiger partial charge in [0.1, 0.15) is 5.82 Å². The summed E-state index contributed by atoms with van der Waals surface area (Å²) in [6.07, 6.45) is 4.82. The average Bonchev–Trinajstić information content (AvgIpc) is 2.97. The molecule has 1 aromatic rings. The van der Waals surface area contributed by atoms with Gasteiger partial charge in [-0.3, -0.25) is 0 Å². The number of hydrogen-bond donors (Lipinski definition) is 2. The summed E-state index contributed by atoms with van der Waals surface area (Å²) in [7, 11) is 0. The van der Waals surface area contributed by atoms with Crippen molar-refractivity contribution in [3.8, 4) is 0 Å². The van der Waals surface area contributed by atoms with Gasteiger partial charge in [0.15, 0.2) is 0 Å². The third kappa shape index (κ3) is 3.95. The smallest absolute Gasteiger partial charge is 0.129 e. The Labute approximate surface area is 127 Å². The molecular formula is C17H28N2O2. The Morgan fingerprint density at radius 1 is 1.19 bits per heavy atom. The molecule has 0 saturated heterocycles. The van der Waals surface area contributed by atoms with Crippen LogP contribution in [0.15, 0.2) is 12.1 Å². The fourth-order valence-electron chi connectivity index (χ4n) is 3.00. The van der Waals surface area contributed by atoms with Gasteiger partial charge < -0.3 is 15.1 Å². The van der Waals surface area contributed by atoms with Crippen LogP contribution in [0.5, 0.6) is 0 Å². The molecule has 0 bridgehead atoms. The molecule has 21 heavy (non-hydrogen) atoms. The molecular weight excluding hydrogens is 264 g/mol. The molecule has 4 nitrogen and oxygen atoms in total. The lowest BCUT2D eigenvalue weighted by molar-refractivity contribution is 0.281. The van der Waals surface area contributed by atoms with Crippen molar-refractivity contribution < 1.29 is 10.2 Å². The highest BCUT2D eigenvalue weighted by Crippen LogP contribution is 2.30. The van der Waals surface area contributed by atoms with E-state index < -0.39 is 0 Å². The highest BCUT2D eigenvalue weighted by Gasteiger charge is 2.25. The van der Waals surface area contributed by atoms with Crippen LogP contribution in [0, 0.1) is 0 Å². The van der Waals surface area contributed by atoms with Gasteiger partial charge in [-0.1, -0.05) is 33.6 Å². The van der Waals surface area contributed by atoms with Gasteiger partial charge in [-0.25, -0.2) is 4.98 Å². The molecule has 1 fully saturated rings. The maximum Gasteiger partial charge on any atom is 0.129 e. The fraction of sp³-hybridized carbons (Fsp3) is 0.706. The second-order valence-electron chi connectivity index (χ2n) is 6.98. The van der Waals surface area contributed by atoms with Gasteiger partial charge in [-0.2, -0.15) is 0 Å². The first kappa shape index (κ1) is 16.2. The second-order valence-corrected chi connectivity index (χ2v) is 6.98. The van der Waals surface area contributed by atoms with Crippen molar-refractivity contribution in [1.29, 1.82) is 0 Å². The average molecular weight is 292 g/mol. The molecule has 2 N–H and O–H groups in total. The lowest BCUT2D eigenvalue weighted by Gasteiger charge is -2.31. The summed E-state index contributed by atoms with van der Waals surface area (Å²) in [4.78, 5) is 7.04. The van der Waals surface area contributed by atoms with Gasteiger partial charge in [0.2, 0.25) is 0 Å². The molecule has 0 atom stereocenters. The van der Waals surface area contributed by atoms with Gasteiger partial charge in [0.25, 0.3) is 0 Å². The van der Waals surface area contributed by atoms with Gasteiger partial charge in [0, 0.05) is 23.7 Å². The molecule has 118 valence electrons. The first-order valence-corrected chi connectivity index (χ1v) is 7.95. The highest BCUT2D eigenvalue weighted by atomic mass is 16.3. The van der Waals surface area contributed by atoms with E-state index >= 15 is 0 Å². The molecule has 0 aromatic carbocycles. The molecule has 4 heteroatoms. The Bertz CT molecular complexity index is 462. The fourth-order valence-corrected chi connectivity index (χ4v) is 3.00. The van der Waals surface area contributed by atoms with Crippen molar-refractivity contribution in [3.05, 3.63) is 23.4 Å².